The van der Waals surface area contributed by atoms with E-state index in [1.807, 2.05) is 12.1 Å². The third-order valence-electron chi connectivity index (χ3n) is 1.99. The predicted molar refractivity (Wildman–Crippen MR) is 55.7 cm³/mol. The van der Waals surface area contributed by atoms with Crippen molar-refractivity contribution in [1.29, 1.82) is 0 Å². The standard InChI is InChI=1S/C10H15ClN2/c1-2-3-5-8(12)9-6-4-7-10(11)13-9/h4,6-8H,2-3,5,12H2,1H3/t8-/m1/s1. The number of unbranched alkanes of at least 4 members (excludes halogenated alkanes) is 1. The summed E-state index contributed by atoms with van der Waals surface area (Å²) in [7, 11) is 0. The van der Waals surface area contributed by atoms with Crippen molar-refractivity contribution < 1.29 is 0 Å². The molecule has 0 aliphatic carbocycles. The molecule has 0 fully saturated rings. The van der Waals surface area contributed by atoms with Crippen molar-refractivity contribution in [1.82, 2.24) is 4.98 Å². The molecule has 13 heavy (non-hydrogen) atoms. The lowest BCUT2D eigenvalue weighted by Gasteiger charge is -2.09. The van der Waals surface area contributed by atoms with E-state index in [0.29, 0.717) is 5.15 Å². The number of hydrogen-bond donors (Lipinski definition) is 1. The molecule has 1 aromatic heterocycles. The molecule has 0 saturated heterocycles. The number of aromatic nitrogens is 1. The van der Waals surface area contributed by atoms with Gasteiger partial charge in [-0.05, 0) is 18.6 Å². The van der Waals surface area contributed by atoms with Gasteiger partial charge in [-0.2, -0.15) is 0 Å². The zero-order chi connectivity index (χ0) is 9.68. The Morgan fingerprint density at radius 2 is 2.31 bits per heavy atom. The highest BCUT2D eigenvalue weighted by Crippen LogP contribution is 2.16. The van der Waals surface area contributed by atoms with Crippen LogP contribution in [0.25, 0.3) is 0 Å². The van der Waals surface area contributed by atoms with E-state index in [9.17, 15) is 0 Å². The van der Waals surface area contributed by atoms with Gasteiger partial charge in [-0.15, -0.1) is 0 Å². The minimum absolute atomic E-state index is 0.0265. The van der Waals surface area contributed by atoms with E-state index in [0.717, 1.165) is 25.0 Å². The Kier molecular flexibility index (Phi) is 4.19. The molecule has 0 aliphatic rings. The third kappa shape index (κ3) is 3.33. The van der Waals surface area contributed by atoms with Crippen LogP contribution in [0.2, 0.25) is 5.15 Å². The second kappa shape index (κ2) is 5.20. The fourth-order valence-electron chi connectivity index (χ4n) is 1.20. The van der Waals surface area contributed by atoms with Crippen LogP contribution in [0.5, 0.6) is 0 Å². The van der Waals surface area contributed by atoms with Crippen molar-refractivity contribution in [2.75, 3.05) is 0 Å². The Labute approximate surface area is 84.1 Å². The SMILES string of the molecule is CCCC[C@@H](N)c1cccc(Cl)n1. The van der Waals surface area contributed by atoms with Crippen molar-refractivity contribution >= 4 is 11.6 Å². The minimum Gasteiger partial charge on any atom is -0.323 e. The van der Waals surface area contributed by atoms with Gasteiger partial charge in [0, 0.05) is 6.04 Å². The van der Waals surface area contributed by atoms with E-state index in [4.69, 9.17) is 17.3 Å². The van der Waals surface area contributed by atoms with Gasteiger partial charge in [-0.25, -0.2) is 4.98 Å². The molecule has 0 spiro atoms. The smallest absolute Gasteiger partial charge is 0.129 e. The van der Waals surface area contributed by atoms with E-state index in [1.54, 1.807) is 6.07 Å². The van der Waals surface area contributed by atoms with Crippen LogP contribution in [0.1, 0.15) is 37.9 Å². The molecule has 2 nitrogen and oxygen atoms in total. The monoisotopic (exact) mass is 198 g/mol. The zero-order valence-corrected chi connectivity index (χ0v) is 8.59. The quantitative estimate of drug-likeness (QED) is 0.756. The lowest BCUT2D eigenvalue weighted by atomic mass is 10.1. The molecule has 0 aliphatic heterocycles. The van der Waals surface area contributed by atoms with Gasteiger partial charge in [0.1, 0.15) is 5.15 Å². The summed E-state index contributed by atoms with van der Waals surface area (Å²) in [6.07, 6.45) is 3.27. The Hall–Kier alpha value is -0.600. The molecule has 0 saturated carbocycles. The highest BCUT2D eigenvalue weighted by atomic mass is 35.5. The van der Waals surface area contributed by atoms with Crippen molar-refractivity contribution in [3.63, 3.8) is 0 Å². The summed E-state index contributed by atoms with van der Waals surface area (Å²) >= 11 is 5.76. The van der Waals surface area contributed by atoms with Crippen LogP contribution in [0.15, 0.2) is 18.2 Å². The fourth-order valence-corrected chi connectivity index (χ4v) is 1.37. The van der Waals surface area contributed by atoms with Gasteiger partial charge in [0.15, 0.2) is 0 Å². The first-order valence-corrected chi connectivity index (χ1v) is 5.00. The molecule has 0 aromatic carbocycles. The number of hydrogen-bond acceptors (Lipinski definition) is 2. The molecule has 3 heteroatoms. The molecule has 1 atom stereocenters. The second-order valence-corrected chi connectivity index (χ2v) is 3.52. The van der Waals surface area contributed by atoms with E-state index >= 15 is 0 Å². The van der Waals surface area contributed by atoms with Crippen LogP contribution in [0.3, 0.4) is 0 Å². The maximum Gasteiger partial charge on any atom is 0.129 e. The lowest BCUT2D eigenvalue weighted by molar-refractivity contribution is 0.590. The highest BCUT2D eigenvalue weighted by molar-refractivity contribution is 6.29. The van der Waals surface area contributed by atoms with Crippen molar-refractivity contribution in [3.05, 3.63) is 29.0 Å². The zero-order valence-electron chi connectivity index (χ0n) is 7.83. The number of halogens is 1. The van der Waals surface area contributed by atoms with Gasteiger partial charge >= 0.3 is 0 Å². The fraction of sp³-hybridized carbons (Fsp3) is 0.500. The van der Waals surface area contributed by atoms with Crippen LogP contribution in [-0.4, -0.2) is 4.98 Å². The largest absolute Gasteiger partial charge is 0.323 e. The number of nitrogens with zero attached hydrogens (tertiary/aromatic N) is 1. The molecule has 0 unspecified atom stereocenters. The van der Waals surface area contributed by atoms with E-state index < -0.39 is 0 Å². The second-order valence-electron chi connectivity index (χ2n) is 3.13. The topological polar surface area (TPSA) is 38.9 Å². The summed E-state index contributed by atoms with van der Waals surface area (Å²) in [4.78, 5) is 4.17. The summed E-state index contributed by atoms with van der Waals surface area (Å²) in [5.74, 6) is 0. The third-order valence-corrected chi connectivity index (χ3v) is 2.20. The van der Waals surface area contributed by atoms with Gasteiger partial charge < -0.3 is 5.73 Å². The minimum atomic E-state index is 0.0265. The molecular formula is C10H15ClN2. The summed E-state index contributed by atoms with van der Waals surface area (Å²) < 4.78 is 0. The lowest BCUT2D eigenvalue weighted by Crippen LogP contribution is -2.11. The van der Waals surface area contributed by atoms with Crippen LogP contribution in [-0.2, 0) is 0 Å². The van der Waals surface area contributed by atoms with Gasteiger partial charge in [-0.3, -0.25) is 0 Å². The van der Waals surface area contributed by atoms with Crippen LogP contribution in [0, 0.1) is 0 Å². The summed E-state index contributed by atoms with van der Waals surface area (Å²) in [5.41, 5.74) is 6.82. The Morgan fingerprint density at radius 3 is 2.92 bits per heavy atom. The number of rotatable bonds is 4. The normalized spacial score (nSPS) is 12.8. The average Bonchev–Trinajstić information content (AvgIpc) is 2.14. The first kappa shape index (κ1) is 10.5. The van der Waals surface area contributed by atoms with E-state index in [-0.39, 0.29) is 6.04 Å². The Bertz CT molecular complexity index is 263. The first-order valence-electron chi connectivity index (χ1n) is 4.62. The van der Waals surface area contributed by atoms with Gasteiger partial charge in [0.25, 0.3) is 0 Å². The maximum atomic E-state index is 5.93. The molecule has 72 valence electrons. The molecular weight excluding hydrogens is 184 g/mol. The Balaban J connectivity index is 2.60. The molecule has 1 aromatic rings. The van der Waals surface area contributed by atoms with Gasteiger partial charge in [0.05, 0.1) is 5.69 Å². The van der Waals surface area contributed by atoms with Crippen molar-refractivity contribution in [2.24, 2.45) is 5.73 Å². The van der Waals surface area contributed by atoms with Gasteiger partial charge in [0.2, 0.25) is 0 Å². The predicted octanol–water partition coefficient (Wildman–Crippen LogP) is 2.93. The summed E-state index contributed by atoms with van der Waals surface area (Å²) in [5, 5.41) is 0.518. The molecule has 0 bridgehead atoms. The molecule has 0 radical (unpaired) electrons. The summed E-state index contributed by atoms with van der Waals surface area (Å²) in [6, 6.07) is 5.60. The molecule has 1 rings (SSSR count). The van der Waals surface area contributed by atoms with Crippen molar-refractivity contribution in [2.45, 2.75) is 32.2 Å². The molecule has 0 amide bonds. The summed E-state index contributed by atoms with van der Waals surface area (Å²) in [6.45, 7) is 2.15. The van der Waals surface area contributed by atoms with E-state index in [2.05, 4.69) is 11.9 Å². The highest BCUT2D eigenvalue weighted by Gasteiger charge is 2.06. The van der Waals surface area contributed by atoms with Crippen LogP contribution < -0.4 is 5.73 Å². The van der Waals surface area contributed by atoms with E-state index in [1.165, 1.54) is 0 Å². The number of pyridine rings is 1. The number of nitrogens with two attached hydrogens (primary N) is 1. The van der Waals surface area contributed by atoms with Crippen LogP contribution >= 0.6 is 11.6 Å². The van der Waals surface area contributed by atoms with Crippen LogP contribution in [0.4, 0.5) is 0 Å². The van der Waals surface area contributed by atoms with Gasteiger partial charge in [-0.1, -0.05) is 37.4 Å². The Morgan fingerprint density at radius 1 is 1.54 bits per heavy atom. The molecule has 1 heterocycles. The van der Waals surface area contributed by atoms with Crippen molar-refractivity contribution in [3.8, 4) is 0 Å². The molecule has 2 N–H and O–H groups in total. The first-order chi connectivity index (χ1) is 6.24. The average molecular weight is 199 g/mol. The maximum absolute atomic E-state index is 5.93.